The van der Waals surface area contributed by atoms with E-state index in [9.17, 15) is 0 Å². The normalized spacial score (nSPS) is 11.7. The van der Waals surface area contributed by atoms with Gasteiger partial charge in [0, 0.05) is 0 Å². The zero-order valence-corrected chi connectivity index (χ0v) is 11.3. The van der Waals surface area contributed by atoms with E-state index in [1.807, 2.05) is 6.07 Å². The molecule has 0 heterocycles. The van der Waals surface area contributed by atoms with Crippen molar-refractivity contribution in [3.8, 4) is 0 Å². The second-order valence-electron chi connectivity index (χ2n) is 2.43. The van der Waals surface area contributed by atoms with Crippen LogP contribution in [0.1, 0.15) is 0 Å². The standard InChI is InChI=1S/C10H11BrOTe/c1-12-7-9(11)8-13-10-5-3-2-4-6-10/h2-6,8H,7H2,1H3/b9-8+. The van der Waals surface area contributed by atoms with Crippen molar-refractivity contribution >= 4 is 40.5 Å². The van der Waals surface area contributed by atoms with Crippen molar-refractivity contribution in [2.45, 2.75) is 0 Å². The number of hydrogen-bond acceptors (Lipinski definition) is 1. The molecule has 0 saturated heterocycles. The molecule has 3 heteroatoms. The molecule has 0 atom stereocenters. The van der Waals surface area contributed by atoms with Crippen LogP contribution >= 0.6 is 15.9 Å². The molecule has 13 heavy (non-hydrogen) atoms. The molecule has 0 fully saturated rings. The average Bonchev–Trinajstić information content (AvgIpc) is 2.17. The van der Waals surface area contributed by atoms with E-state index in [-0.39, 0.29) is 20.9 Å². The topological polar surface area (TPSA) is 9.23 Å². The Morgan fingerprint density at radius 3 is 2.77 bits per heavy atom. The van der Waals surface area contributed by atoms with Crippen molar-refractivity contribution in [2.75, 3.05) is 13.7 Å². The van der Waals surface area contributed by atoms with Crippen molar-refractivity contribution in [3.05, 3.63) is 38.9 Å². The van der Waals surface area contributed by atoms with Gasteiger partial charge in [0.2, 0.25) is 0 Å². The zero-order chi connectivity index (χ0) is 9.52. The summed E-state index contributed by atoms with van der Waals surface area (Å²) < 4.78 is 9.85. The third-order valence-electron chi connectivity index (χ3n) is 1.35. The predicted octanol–water partition coefficient (Wildman–Crippen LogP) is 1.90. The molecule has 0 saturated carbocycles. The van der Waals surface area contributed by atoms with Gasteiger partial charge in [-0.15, -0.1) is 0 Å². The minimum absolute atomic E-state index is 0.190. The molecule has 0 N–H and O–H groups in total. The summed E-state index contributed by atoms with van der Waals surface area (Å²) in [5.41, 5.74) is 0. The number of ether oxygens (including phenoxy) is 1. The van der Waals surface area contributed by atoms with Crippen molar-refractivity contribution < 1.29 is 4.74 Å². The van der Waals surface area contributed by atoms with Crippen LogP contribution in [0.25, 0.3) is 0 Å². The molecule has 0 aromatic heterocycles. The fourth-order valence-electron chi connectivity index (χ4n) is 0.803. The third-order valence-corrected chi connectivity index (χ3v) is 5.45. The number of methoxy groups -OCH3 is 1. The first-order valence-corrected chi connectivity index (χ1v) is 7.18. The van der Waals surface area contributed by atoms with Gasteiger partial charge < -0.3 is 0 Å². The Morgan fingerprint density at radius 2 is 2.15 bits per heavy atom. The summed E-state index contributed by atoms with van der Waals surface area (Å²) in [7, 11) is 1.71. The number of benzene rings is 1. The molecule has 0 unspecified atom stereocenters. The molecular formula is C10H11BrOTe. The number of rotatable bonds is 4. The van der Waals surface area contributed by atoms with Crippen molar-refractivity contribution in [3.63, 3.8) is 0 Å². The molecule has 0 spiro atoms. The van der Waals surface area contributed by atoms with Gasteiger partial charge >= 0.3 is 97.9 Å². The first-order chi connectivity index (χ1) is 6.33. The maximum atomic E-state index is 5.00. The van der Waals surface area contributed by atoms with Crippen LogP contribution in [0.5, 0.6) is 0 Å². The van der Waals surface area contributed by atoms with E-state index >= 15 is 0 Å². The molecule has 1 aromatic rings. The van der Waals surface area contributed by atoms with Gasteiger partial charge in [0.1, 0.15) is 0 Å². The Labute approximate surface area is 97.4 Å². The first-order valence-electron chi connectivity index (χ1n) is 3.88. The summed E-state index contributed by atoms with van der Waals surface area (Å²) >= 11 is 3.27. The summed E-state index contributed by atoms with van der Waals surface area (Å²) in [5, 5.41) is 0. The number of hydrogen-bond donors (Lipinski definition) is 0. The van der Waals surface area contributed by atoms with Gasteiger partial charge in [-0.1, -0.05) is 0 Å². The Balaban J connectivity index is 2.47. The van der Waals surface area contributed by atoms with E-state index in [4.69, 9.17) is 4.74 Å². The molecule has 0 aliphatic carbocycles. The zero-order valence-electron chi connectivity index (χ0n) is 7.37. The fraction of sp³-hybridized carbons (Fsp3) is 0.200. The van der Waals surface area contributed by atoms with Gasteiger partial charge in [-0.3, -0.25) is 0 Å². The van der Waals surface area contributed by atoms with Gasteiger partial charge in [-0.2, -0.15) is 0 Å². The van der Waals surface area contributed by atoms with Crippen LogP contribution in [-0.2, 0) is 4.74 Å². The van der Waals surface area contributed by atoms with E-state index in [1.165, 1.54) is 3.61 Å². The molecule has 70 valence electrons. The second-order valence-corrected chi connectivity index (χ2v) is 6.14. The summed E-state index contributed by atoms with van der Waals surface area (Å²) in [4.78, 5) is 0. The molecule has 1 rings (SSSR count). The van der Waals surface area contributed by atoms with Crippen LogP contribution in [0.4, 0.5) is 0 Å². The predicted molar refractivity (Wildman–Crippen MR) is 60.7 cm³/mol. The van der Waals surface area contributed by atoms with E-state index in [2.05, 4.69) is 44.3 Å². The third kappa shape index (κ3) is 4.83. The quantitative estimate of drug-likeness (QED) is 0.751. The van der Waals surface area contributed by atoms with Crippen LogP contribution in [0.2, 0.25) is 0 Å². The van der Waals surface area contributed by atoms with E-state index in [0.29, 0.717) is 6.61 Å². The summed E-state index contributed by atoms with van der Waals surface area (Å²) in [6, 6.07) is 10.6. The molecule has 1 nitrogen and oxygen atoms in total. The van der Waals surface area contributed by atoms with Gasteiger partial charge in [-0.05, 0) is 0 Å². The minimum atomic E-state index is -0.190. The second kappa shape index (κ2) is 6.61. The molecule has 0 radical (unpaired) electrons. The molecule has 0 bridgehead atoms. The first kappa shape index (κ1) is 11.3. The fourth-order valence-corrected chi connectivity index (χ4v) is 3.50. The van der Waals surface area contributed by atoms with Crippen LogP contribution in [0.15, 0.2) is 38.9 Å². The van der Waals surface area contributed by atoms with Gasteiger partial charge in [0.25, 0.3) is 0 Å². The molecule has 1 aromatic carbocycles. The van der Waals surface area contributed by atoms with Gasteiger partial charge in [0.15, 0.2) is 0 Å². The van der Waals surface area contributed by atoms with Gasteiger partial charge in [-0.25, -0.2) is 0 Å². The van der Waals surface area contributed by atoms with Crippen LogP contribution in [0, 0.1) is 0 Å². The van der Waals surface area contributed by atoms with Crippen molar-refractivity contribution in [1.82, 2.24) is 0 Å². The van der Waals surface area contributed by atoms with E-state index < -0.39 is 0 Å². The monoisotopic (exact) mass is 356 g/mol. The SMILES string of the molecule is COC/C(Br)=C\[Te]c1ccccc1. The van der Waals surface area contributed by atoms with Crippen molar-refractivity contribution in [2.24, 2.45) is 0 Å². The molecule has 0 aliphatic rings. The van der Waals surface area contributed by atoms with Crippen molar-refractivity contribution in [1.29, 1.82) is 0 Å². The Kier molecular flexibility index (Phi) is 5.73. The number of halogens is 1. The maximum absolute atomic E-state index is 5.00. The Bertz CT molecular complexity index is 272. The van der Waals surface area contributed by atoms with E-state index in [1.54, 1.807) is 7.11 Å². The molecule has 0 amide bonds. The Hall–Kier alpha value is 0.190. The summed E-state index contributed by atoms with van der Waals surface area (Å²) in [6.45, 7) is 0.678. The summed E-state index contributed by atoms with van der Waals surface area (Å²) in [6.07, 6.45) is 0. The van der Waals surface area contributed by atoms with E-state index in [0.717, 1.165) is 4.48 Å². The van der Waals surface area contributed by atoms with Crippen LogP contribution in [-0.4, -0.2) is 34.6 Å². The average molecular weight is 355 g/mol. The van der Waals surface area contributed by atoms with Gasteiger partial charge in [0.05, 0.1) is 0 Å². The molecular weight excluding hydrogens is 344 g/mol. The Morgan fingerprint density at radius 1 is 1.46 bits per heavy atom. The summed E-state index contributed by atoms with van der Waals surface area (Å²) in [5.74, 6) is 0. The van der Waals surface area contributed by atoms with Crippen LogP contribution in [0.3, 0.4) is 0 Å². The van der Waals surface area contributed by atoms with Crippen LogP contribution < -0.4 is 3.61 Å². The molecule has 0 aliphatic heterocycles.